The minimum Gasteiger partial charge on any atom is -0.348 e. The van der Waals surface area contributed by atoms with Crippen molar-refractivity contribution in [1.82, 2.24) is 16.2 Å². The number of rotatable bonds is 3. The van der Waals surface area contributed by atoms with E-state index in [1.54, 1.807) is 12.1 Å². The van der Waals surface area contributed by atoms with Crippen molar-refractivity contribution >= 4 is 15.7 Å². The van der Waals surface area contributed by atoms with Crippen LogP contribution in [0, 0.1) is 11.7 Å². The highest BCUT2D eigenvalue weighted by Crippen LogP contribution is 2.26. The molecule has 3 rings (SSSR count). The molecule has 8 heteroatoms. The molecule has 1 amide bonds. The number of hydrogen-bond acceptors (Lipinski definition) is 5. The van der Waals surface area contributed by atoms with Crippen molar-refractivity contribution in [2.75, 3.05) is 12.3 Å². The summed E-state index contributed by atoms with van der Waals surface area (Å²) in [6, 6.07) is 5.18. The molecule has 1 saturated heterocycles. The maximum absolute atomic E-state index is 13.3. The van der Waals surface area contributed by atoms with E-state index in [1.165, 1.54) is 18.2 Å². The second-order valence-corrected chi connectivity index (χ2v) is 7.37. The molecule has 0 aromatic heterocycles. The number of amides is 1. The predicted molar refractivity (Wildman–Crippen MR) is 78.6 cm³/mol. The zero-order valence-electron chi connectivity index (χ0n) is 11.6. The summed E-state index contributed by atoms with van der Waals surface area (Å²) in [6.07, 6.45) is 1.47. The van der Waals surface area contributed by atoms with E-state index in [2.05, 4.69) is 16.2 Å². The number of benzene rings is 1. The molecule has 0 bridgehead atoms. The largest absolute Gasteiger partial charge is 0.348 e. The predicted octanol–water partition coefficient (Wildman–Crippen LogP) is 0.0177. The van der Waals surface area contributed by atoms with Gasteiger partial charge in [0.15, 0.2) is 9.84 Å². The average Bonchev–Trinajstić information content (AvgIpc) is 3.05. The van der Waals surface area contributed by atoms with Crippen LogP contribution in [-0.4, -0.2) is 32.7 Å². The lowest BCUT2D eigenvalue weighted by Gasteiger charge is -2.20. The van der Waals surface area contributed by atoms with E-state index in [1.807, 2.05) is 0 Å². The number of hydrogen-bond donors (Lipinski definition) is 3. The highest BCUT2D eigenvalue weighted by molar-refractivity contribution is 7.94. The molecule has 0 radical (unpaired) electrons. The monoisotopic (exact) mass is 325 g/mol. The number of carbonyl (C=O) groups is 1. The Balaban J connectivity index is 1.71. The molecular formula is C14H16FN3O3S. The van der Waals surface area contributed by atoms with Crippen molar-refractivity contribution in [3.8, 4) is 0 Å². The van der Waals surface area contributed by atoms with Crippen molar-refractivity contribution in [2.45, 2.75) is 12.1 Å². The quantitative estimate of drug-likeness (QED) is 0.729. The highest BCUT2D eigenvalue weighted by atomic mass is 32.2. The van der Waals surface area contributed by atoms with E-state index in [0.717, 1.165) is 5.41 Å². The fraction of sp³-hybridized carbons (Fsp3) is 0.357. The molecule has 3 atom stereocenters. The number of sulfone groups is 1. The van der Waals surface area contributed by atoms with Crippen LogP contribution >= 0.6 is 0 Å². The fourth-order valence-electron chi connectivity index (χ4n) is 2.71. The van der Waals surface area contributed by atoms with Gasteiger partial charge in [-0.1, -0.05) is 12.1 Å². The Kier molecular flexibility index (Phi) is 3.98. The molecule has 0 spiro atoms. The Morgan fingerprint density at radius 3 is 2.86 bits per heavy atom. The smallest absolute Gasteiger partial charge is 0.226 e. The van der Waals surface area contributed by atoms with Gasteiger partial charge in [0.2, 0.25) is 5.91 Å². The zero-order chi connectivity index (χ0) is 15.7. The molecule has 1 fully saturated rings. The van der Waals surface area contributed by atoms with Gasteiger partial charge < -0.3 is 5.32 Å². The van der Waals surface area contributed by atoms with Gasteiger partial charge in [-0.25, -0.2) is 18.2 Å². The van der Waals surface area contributed by atoms with E-state index in [0.29, 0.717) is 12.1 Å². The first-order valence-electron chi connectivity index (χ1n) is 6.90. The summed E-state index contributed by atoms with van der Waals surface area (Å²) >= 11 is 0. The molecule has 0 aliphatic carbocycles. The summed E-state index contributed by atoms with van der Waals surface area (Å²) in [5, 5.41) is 3.83. The lowest BCUT2D eigenvalue weighted by atomic mass is 9.94. The average molecular weight is 325 g/mol. The third-order valence-electron chi connectivity index (χ3n) is 3.78. The minimum absolute atomic E-state index is 0.114. The Morgan fingerprint density at radius 2 is 2.18 bits per heavy atom. The molecule has 2 aliphatic heterocycles. The van der Waals surface area contributed by atoms with Crippen LogP contribution in [0.15, 0.2) is 35.7 Å². The van der Waals surface area contributed by atoms with Gasteiger partial charge in [0.25, 0.3) is 0 Å². The molecule has 2 heterocycles. The van der Waals surface area contributed by atoms with Crippen LogP contribution in [0.2, 0.25) is 0 Å². The number of hydrazine groups is 1. The standard InChI is InChI=1S/C14H16FN3O3S/c15-10-3-1-2-9(6-10)13-12(7-16-18-13)14(19)17-11-4-5-22(20,21)8-11/h1-6,11-13,16,18H,7-8H2,(H,17,19). The van der Waals surface area contributed by atoms with E-state index >= 15 is 0 Å². The number of halogens is 1. The second-order valence-electron chi connectivity index (χ2n) is 5.44. The Bertz CT molecular complexity index is 720. The molecular weight excluding hydrogens is 309 g/mol. The number of carbonyl (C=O) groups excluding carboxylic acids is 1. The normalized spacial score (nSPS) is 29.6. The Morgan fingerprint density at radius 1 is 1.36 bits per heavy atom. The summed E-state index contributed by atoms with van der Waals surface area (Å²) in [4.78, 5) is 12.4. The van der Waals surface area contributed by atoms with Gasteiger partial charge in [-0.05, 0) is 23.8 Å². The molecule has 118 valence electrons. The lowest BCUT2D eigenvalue weighted by Crippen LogP contribution is -2.41. The molecule has 1 aromatic rings. The van der Waals surface area contributed by atoms with Gasteiger partial charge in [0, 0.05) is 12.0 Å². The van der Waals surface area contributed by atoms with E-state index < -0.39 is 21.8 Å². The SMILES string of the molecule is O=C(NC1C=CS(=O)(=O)C1)C1CNNC1c1cccc(F)c1. The van der Waals surface area contributed by atoms with Crippen molar-refractivity contribution in [1.29, 1.82) is 0 Å². The van der Waals surface area contributed by atoms with Gasteiger partial charge in [0.1, 0.15) is 5.82 Å². The summed E-state index contributed by atoms with van der Waals surface area (Å²) in [6.45, 7) is 0.385. The van der Waals surface area contributed by atoms with Crippen molar-refractivity contribution in [3.63, 3.8) is 0 Å². The topological polar surface area (TPSA) is 87.3 Å². The second kappa shape index (κ2) is 5.79. The highest BCUT2D eigenvalue weighted by Gasteiger charge is 2.35. The maximum atomic E-state index is 13.3. The van der Waals surface area contributed by atoms with E-state index in [4.69, 9.17) is 0 Å². The maximum Gasteiger partial charge on any atom is 0.226 e. The van der Waals surface area contributed by atoms with Gasteiger partial charge in [-0.3, -0.25) is 10.2 Å². The first-order valence-corrected chi connectivity index (χ1v) is 8.61. The third kappa shape index (κ3) is 3.18. The Hall–Kier alpha value is -1.77. The molecule has 2 aliphatic rings. The summed E-state index contributed by atoms with van der Waals surface area (Å²) in [5.74, 6) is -1.19. The van der Waals surface area contributed by atoms with Crippen molar-refractivity contribution in [2.24, 2.45) is 5.92 Å². The van der Waals surface area contributed by atoms with Crippen LogP contribution in [0.1, 0.15) is 11.6 Å². The molecule has 3 unspecified atom stereocenters. The first-order chi connectivity index (χ1) is 10.4. The van der Waals surface area contributed by atoms with Gasteiger partial charge in [0.05, 0.1) is 23.8 Å². The molecule has 3 N–H and O–H groups in total. The van der Waals surface area contributed by atoms with Crippen LogP contribution in [0.25, 0.3) is 0 Å². The van der Waals surface area contributed by atoms with Crippen molar-refractivity contribution in [3.05, 3.63) is 47.1 Å². The van der Waals surface area contributed by atoms with Gasteiger partial charge >= 0.3 is 0 Å². The lowest BCUT2D eigenvalue weighted by molar-refractivity contribution is -0.125. The van der Waals surface area contributed by atoms with E-state index in [9.17, 15) is 17.6 Å². The first kappa shape index (κ1) is 15.1. The summed E-state index contributed by atoms with van der Waals surface area (Å²) < 4.78 is 36.1. The van der Waals surface area contributed by atoms with Gasteiger partial charge in [-0.2, -0.15) is 0 Å². The summed E-state index contributed by atoms with van der Waals surface area (Å²) in [5.41, 5.74) is 6.52. The van der Waals surface area contributed by atoms with Crippen LogP contribution < -0.4 is 16.2 Å². The molecule has 0 saturated carbocycles. The van der Waals surface area contributed by atoms with Gasteiger partial charge in [-0.15, -0.1) is 0 Å². The minimum atomic E-state index is -3.21. The zero-order valence-corrected chi connectivity index (χ0v) is 12.4. The van der Waals surface area contributed by atoms with Crippen LogP contribution in [0.3, 0.4) is 0 Å². The number of nitrogens with one attached hydrogen (secondary N) is 3. The van der Waals surface area contributed by atoms with E-state index in [-0.39, 0.29) is 23.5 Å². The molecule has 22 heavy (non-hydrogen) atoms. The molecule has 1 aromatic carbocycles. The fourth-order valence-corrected chi connectivity index (χ4v) is 3.95. The summed E-state index contributed by atoms with van der Waals surface area (Å²) in [7, 11) is -3.21. The van der Waals surface area contributed by atoms with Crippen LogP contribution in [-0.2, 0) is 14.6 Å². The third-order valence-corrected chi connectivity index (χ3v) is 5.18. The molecule has 6 nitrogen and oxygen atoms in total. The van der Waals surface area contributed by atoms with Crippen molar-refractivity contribution < 1.29 is 17.6 Å². The Labute approximate surface area is 127 Å². The van der Waals surface area contributed by atoms with Crippen LogP contribution in [0.5, 0.6) is 0 Å². The van der Waals surface area contributed by atoms with Crippen LogP contribution in [0.4, 0.5) is 4.39 Å².